The van der Waals surface area contributed by atoms with Crippen molar-refractivity contribution in [1.82, 2.24) is 5.32 Å². The van der Waals surface area contributed by atoms with Crippen LogP contribution in [-0.4, -0.2) is 24.6 Å². The number of piperidine rings is 1. The van der Waals surface area contributed by atoms with Crippen LogP contribution in [0, 0.1) is 5.92 Å². The largest absolute Gasteiger partial charge is 0.494 e. The zero-order chi connectivity index (χ0) is 14.7. The summed E-state index contributed by atoms with van der Waals surface area (Å²) < 4.78 is 5.40. The summed E-state index contributed by atoms with van der Waals surface area (Å²) in [5.41, 5.74) is 0.848. The van der Waals surface area contributed by atoms with Gasteiger partial charge in [-0.3, -0.25) is 4.79 Å². The van der Waals surface area contributed by atoms with Crippen LogP contribution in [0.3, 0.4) is 0 Å². The van der Waals surface area contributed by atoms with Crippen molar-refractivity contribution in [2.45, 2.75) is 51.1 Å². The number of ether oxygens (including phenoxy) is 1. The van der Waals surface area contributed by atoms with Crippen molar-refractivity contribution in [3.63, 3.8) is 0 Å². The Labute approximate surface area is 138 Å². The molecule has 2 unspecified atom stereocenters. The van der Waals surface area contributed by atoms with Crippen LogP contribution in [0.2, 0.25) is 0 Å². The van der Waals surface area contributed by atoms with Crippen LogP contribution in [0.15, 0.2) is 24.3 Å². The second-order valence-corrected chi connectivity index (χ2v) is 6.18. The molecule has 2 aliphatic rings. The predicted molar refractivity (Wildman–Crippen MR) is 90.8 cm³/mol. The number of halogens is 1. The van der Waals surface area contributed by atoms with Gasteiger partial charge in [-0.15, -0.1) is 12.4 Å². The zero-order valence-corrected chi connectivity index (χ0v) is 13.8. The average Bonchev–Trinajstić information content (AvgIpc) is 2.80. The minimum Gasteiger partial charge on any atom is -0.494 e. The first-order chi connectivity index (χ1) is 10.2. The number of fused-ring (bicyclic) bond motifs is 2. The predicted octanol–water partition coefficient (Wildman–Crippen LogP) is 3.37. The van der Waals surface area contributed by atoms with Crippen molar-refractivity contribution in [2.24, 2.45) is 5.92 Å². The van der Waals surface area contributed by atoms with E-state index in [1.54, 1.807) is 0 Å². The van der Waals surface area contributed by atoms with Gasteiger partial charge in [-0.1, -0.05) is 0 Å². The number of hydrogen-bond acceptors (Lipinski definition) is 3. The first kappa shape index (κ1) is 17.1. The van der Waals surface area contributed by atoms with Gasteiger partial charge in [0.2, 0.25) is 5.91 Å². The van der Waals surface area contributed by atoms with Crippen LogP contribution >= 0.6 is 12.4 Å². The van der Waals surface area contributed by atoms with Gasteiger partial charge in [0.05, 0.1) is 6.61 Å². The molecule has 1 aromatic carbocycles. The Kier molecular flexibility index (Phi) is 6.09. The molecule has 2 N–H and O–H groups in total. The maximum absolute atomic E-state index is 12.2. The molecule has 122 valence electrons. The third-order valence-electron chi connectivity index (χ3n) is 4.49. The van der Waals surface area contributed by atoms with Crippen LogP contribution in [0.25, 0.3) is 0 Å². The summed E-state index contributed by atoms with van der Waals surface area (Å²) in [5, 5.41) is 6.61. The van der Waals surface area contributed by atoms with Gasteiger partial charge in [0.15, 0.2) is 0 Å². The van der Waals surface area contributed by atoms with Crippen molar-refractivity contribution in [2.75, 3.05) is 11.9 Å². The van der Waals surface area contributed by atoms with Crippen molar-refractivity contribution in [1.29, 1.82) is 0 Å². The lowest BCUT2D eigenvalue weighted by Gasteiger charge is -2.28. The van der Waals surface area contributed by atoms with Crippen molar-refractivity contribution in [3.8, 4) is 5.75 Å². The molecule has 22 heavy (non-hydrogen) atoms. The number of carbonyl (C=O) groups is 1. The van der Waals surface area contributed by atoms with Crippen LogP contribution in [0.4, 0.5) is 5.69 Å². The summed E-state index contributed by atoms with van der Waals surface area (Å²) in [6.07, 6.45) is 5.49. The normalized spacial score (nSPS) is 26.1. The van der Waals surface area contributed by atoms with Gasteiger partial charge >= 0.3 is 0 Å². The van der Waals surface area contributed by atoms with E-state index < -0.39 is 0 Å². The molecule has 0 spiro atoms. The SMILES string of the molecule is CCOc1ccc(NC(=O)CC2CC3CCC(C2)N3)cc1.Cl. The smallest absolute Gasteiger partial charge is 0.224 e. The summed E-state index contributed by atoms with van der Waals surface area (Å²) >= 11 is 0. The Morgan fingerprint density at radius 3 is 2.45 bits per heavy atom. The highest BCUT2D eigenvalue weighted by molar-refractivity contribution is 5.90. The summed E-state index contributed by atoms with van der Waals surface area (Å²) in [5.74, 6) is 1.50. The quantitative estimate of drug-likeness (QED) is 0.873. The van der Waals surface area contributed by atoms with E-state index in [1.807, 2.05) is 31.2 Å². The van der Waals surface area contributed by atoms with Crippen LogP contribution in [-0.2, 0) is 4.79 Å². The molecule has 2 atom stereocenters. The number of anilines is 1. The fourth-order valence-corrected chi connectivity index (χ4v) is 3.62. The molecule has 0 saturated carbocycles. The lowest BCUT2D eigenvalue weighted by atomic mass is 9.89. The molecule has 0 aliphatic carbocycles. The minimum atomic E-state index is 0. The Bertz CT molecular complexity index is 480. The Hall–Kier alpha value is -1.26. The highest BCUT2D eigenvalue weighted by atomic mass is 35.5. The van der Waals surface area contributed by atoms with E-state index in [9.17, 15) is 4.79 Å². The highest BCUT2D eigenvalue weighted by Crippen LogP contribution is 2.32. The summed E-state index contributed by atoms with van der Waals surface area (Å²) in [6, 6.07) is 8.87. The molecular weight excluding hydrogens is 300 g/mol. The second kappa shape index (κ2) is 7.84. The fourth-order valence-electron chi connectivity index (χ4n) is 3.62. The minimum absolute atomic E-state index is 0. The summed E-state index contributed by atoms with van der Waals surface area (Å²) in [4.78, 5) is 12.2. The number of nitrogens with one attached hydrogen (secondary N) is 2. The lowest BCUT2D eigenvalue weighted by molar-refractivity contribution is -0.117. The van der Waals surface area contributed by atoms with Crippen LogP contribution in [0.1, 0.15) is 39.0 Å². The van der Waals surface area contributed by atoms with Crippen LogP contribution < -0.4 is 15.4 Å². The zero-order valence-electron chi connectivity index (χ0n) is 13.0. The van der Waals surface area contributed by atoms with Gasteiger partial charge in [-0.25, -0.2) is 0 Å². The molecule has 1 aromatic rings. The topological polar surface area (TPSA) is 50.4 Å². The maximum Gasteiger partial charge on any atom is 0.224 e. The van der Waals surface area contributed by atoms with E-state index in [-0.39, 0.29) is 18.3 Å². The Morgan fingerprint density at radius 1 is 1.23 bits per heavy atom. The molecular formula is C17H25ClN2O2. The molecule has 2 heterocycles. The fraction of sp³-hybridized carbons (Fsp3) is 0.588. The average molecular weight is 325 g/mol. The number of benzene rings is 1. The van der Waals surface area contributed by atoms with Gasteiger partial charge in [0.25, 0.3) is 0 Å². The second-order valence-electron chi connectivity index (χ2n) is 6.18. The van der Waals surface area contributed by atoms with Gasteiger partial charge in [-0.05, 0) is 62.8 Å². The standard InChI is InChI=1S/C17H24N2O2.ClH/c1-2-21-16-7-5-13(6-8-16)19-17(20)11-12-9-14-3-4-15(10-12)18-14;/h5-8,12,14-15,18H,2-4,9-11H2,1H3,(H,19,20);1H. The Balaban J connectivity index is 0.00000176. The van der Waals surface area contributed by atoms with Crippen LogP contribution in [0.5, 0.6) is 5.75 Å². The van der Waals surface area contributed by atoms with E-state index in [0.717, 1.165) is 24.3 Å². The number of carbonyl (C=O) groups excluding carboxylic acids is 1. The molecule has 2 aliphatic heterocycles. The maximum atomic E-state index is 12.2. The third kappa shape index (κ3) is 4.37. The first-order valence-corrected chi connectivity index (χ1v) is 8.01. The van der Waals surface area contributed by atoms with Gasteiger partial charge in [0, 0.05) is 24.2 Å². The van der Waals surface area contributed by atoms with Gasteiger partial charge in [-0.2, -0.15) is 0 Å². The molecule has 1 amide bonds. The van der Waals surface area contributed by atoms with Gasteiger partial charge in [0.1, 0.15) is 5.75 Å². The number of rotatable bonds is 5. The van der Waals surface area contributed by atoms with E-state index in [0.29, 0.717) is 31.0 Å². The van der Waals surface area contributed by atoms with E-state index in [1.165, 1.54) is 12.8 Å². The number of amides is 1. The lowest BCUT2D eigenvalue weighted by Crippen LogP contribution is -2.39. The molecule has 2 fully saturated rings. The van der Waals surface area contributed by atoms with E-state index in [2.05, 4.69) is 10.6 Å². The monoisotopic (exact) mass is 324 g/mol. The number of hydrogen-bond donors (Lipinski definition) is 2. The highest BCUT2D eigenvalue weighted by Gasteiger charge is 2.34. The third-order valence-corrected chi connectivity index (χ3v) is 4.49. The van der Waals surface area contributed by atoms with E-state index >= 15 is 0 Å². The molecule has 2 saturated heterocycles. The summed E-state index contributed by atoms with van der Waals surface area (Å²) in [6.45, 7) is 2.62. The van der Waals surface area contributed by atoms with Gasteiger partial charge < -0.3 is 15.4 Å². The van der Waals surface area contributed by atoms with Crippen molar-refractivity contribution < 1.29 is 9.53 Å². The van der Waals surface area contributed by atoms with Crippen molar-refractivity contribution in [3.05, 3.63) is 24.3 Å². The van der Waals surface area contributed by atoms with E-state index in [4.69, 9.17) is 4.74 Å². The first-order valence-electron chi connectivity index (χ1n) is 8.01. The molecule has 0 radical (unpaired) electrons. The molecule has 5 heteroatoms. The summed E-state index contributed by atoms with van der Waals surface area (Å²) in [7, 11) is 0. The molecule has 0 aromatic heterocycles. The Morgan fingerprint density at radius 2 is 1.86 bits per heavy atom. The molecule has 2 bridgehead atoms. The molecule has 3 rings (SSSR count). The molecule has 4 nitrogen and oxygen atoms in total. The van der Waals surface area contributed by atoms with Crippen molar-refractivity contribution >= 4 is 24.0 Å².